The predicted molar refractivity (Wildman–Crippen MR) is 103 cm³/mol. The molecule has 0 aliphatic carbocycles. The van der Waals surface area contributed by atoms with Gasteiger partial charge in [-0.3, -0.25) is 0 Å². The highest BCUT2D eigenvalue weighted by molar-refractivity contribution is 7.80. The van der Waals surface area contributed by atoms with Crippen molar-refractivity contribution in [2.45, 2.75) is 18.7 Å². The largest absolute Gasteiger partial charge is 0.506 e. The van der Waals surface area contributed by atoms with E-state index in [1.807, 2.05) is 51.0 Å². The maximum atomic E-state index is 10.1. The summed E-state index contributed by atoms with van der Waals surface area (Å²) in [6, 6.07) is 7.50. The minimum atomic E-state index is 0.180. The molecule has 0 amide bonds. The fourth-order valence-electron chi connectivity index (χ4n) is 2.33. The second kappa shape index (κ2) is 6.41. The predicted octanol–water partition coefficient (Wildman–Crippen LogP) is 5.39. The van der Waals surface area contributed by atoms with E-state index in [0.29, 0.717) is 10.8 Å². The van der Waals surface area contributed by atoms with Crippen LogP contribution in [0.4, 0.5) is 16.5 Å². The lowest BCUT2D eigenvalue weighted by molar-refractivity contribution is 0.475. The molecule has 5 nitrogen and oxygen atoms in total. The van der Waals surface area contributed by atoms with Crippen LogP contribution in [0.1, 0.15) is 11.1 Å². The molecular weight excluding hydrogens is 340 g/mol. The average Bonchev–Trinajstić information content (AvgIpc) is 2.89. The molecule has 24 heavy (non-hydrogen) atoms. The molecule has 0 aliphatic rings. The number of aryl methyl sites for hydroxylation is 2. The molecule has 0 saturated carbocycles. The van der Waals surface area contributed by atoms with Crippen LogP contribution in [0.25, 0.3) is 10.2 Å². The molecule has 0 spiro atoms. The number of phenolic OH excluding ortho intramolecular Hbond substituents is 1. The second-order valence-electron chi connectivity index (χ2n) is 5.82. The van der Waals surface area contributed by atoms with Crippen molar-refractivity contribution in [3.8, 4) is 5.75 Å². The van der Waals surface area contributed by atoms with Crippen molar-refractivity contribution in [2.75, 3.05) is 19.0 Å². The second-order valence-corrected chi connectivity index (χ2v) is 7.32. The summed E-state index contributed by atoms with van der Waals surface area (Å²) in [5.74, 6) is 0.180. The number of rotatable bonds is 3. The minimum absolute atomic E-state index is 0.180. The third kappa shape index (κ3) is 3.22. The Morgan fingerprint density at radius 2 is 1.83 bits per heavy atom. The molecule has 0 fully saturated rings. The van der Waals surface area contributed by atoms with Crippen LogP contribution in [0.2, 0.25) is 0 Å². The molecule has 1 heterocycles. The summed E-state index contributed by atoms with van der Waals surface area (Å²) in [5.41, 5.74) is 4.30. The van der Waals surface area contributed by atoms with Crippen LogP contribution in [0.3, 0.4) is 0 Å². The van der Waals surface area contributed by atoms with Gasteiger partial charge in [-0.1, -0.05) is 11.3 Å². The molecule has 0 saturated heterocycles. The molecule has 0 aliphatic heterocycles. The lowest BCUT2D eigenvalue weighted by Crippen LogP contribution is -2.08. The Hall–Kier alpha value is -2.12. The van der Waals surface area contributed by atoms with E-state index in [1.165, 1.54) is 11.3 Å². The van der Waals surface area contributed by atoms with Gasteiger partial charge in [0.05, 0.1) is 21.6 Å². The normalized spacial score (nSPS) is 11.5. The lowest BCUT2D eigenvalue weighted by Gasteiger charge is -2.15. The van der Waals surface area contributed by atoms with Crippen molar-refractivity contribution in [1.82, 2.24) is 4.98 Å². The van der Waals surface area contributed by atoms with Gasteiger partial charge in [-0.05, 0) is 43.2 Å². The van der Waals surface area contributed by atoms with Crippen LogP contribution < -0.4 is 4.90 Å². The third-order valence-corrected chi connectivity index (χ3v) is 5.10. The van der Waals surface area contributed by atoms with Gasteiger partial charge in [-0.25, -0.2) is 4.98 Å². The van der Waals surface area contributed by atoms with Gasteiger partial charge < -0.3 is 10.0 Å². The molecule has 124 valence electrons. The highest BCUT2D eigenvalue weighted by atomic mass is 32.1. The number of hydrogen-bond acceptors (Lipinski definition) is 7. The topological polar surface area (TPSA) is 61.1 Å². The van der Waals surface area contributed by atoms with Crippen LogP contribution in [-0.4, -0.2) is 24.2 Å². The van der Waals surface area contributed by atoms with E-state index in [4.69, 9.17) is 0 Å². The molecule has 3 aromatic rings. The van der Waals surface area contributed by atoms with Gasteiger partial charge in [0.15, 0.2) is 0 Å². The van der Waals surface area contributed by atoms with E-state index in [2.05, 4.69) is 27.8 Å². The van der Waals surface area contributed by atoms with E-state index >= 15 is 0 Å². The van der Waals surface area contributed by atoms with Gasteiger partial charge in [0, 0.05) is 25.1 Å². The molecule has 0 unspecified atom stereocenters. The summed E-state index contributed by atoms with van der Waals surface area (Å²) >= 11 is 5.90. The summed E-state index contributed by atoms with van der Waals surface area (Å²) in [6.45, 7) is 3.94. The molecule has 0 radical (unpaired) electrons. The average molecular weight is 358 g/mol. The number of phenols is 1. The zero-order chi connectivity index (χ0) is 17.4. The van der Waals surface area contributed by atoms with Gasteiger partial charge in [0.1, 0.15) is 5.75 Å². The fourth-order valence-corrected chi connectivity index (χ4v) is 3.42. The quantitative estimate of drug-likeness (QED) is 0.487. The zero-order valence-electron chi connectivity index (χ0n) is 13.9. The van der Waals surface area contributed by atoms with Crippen molar-refractivity contribution in [3.05, 3.63) is 35.4 Å². The van der Waals surface area contributed by atoms with Crippen LogP contribution in [-0.2, 0) is 0 Å². The molecule has 1 aromatic heterocycles. The third-order valence-electron chi connectivity index (χ3n) is 3.71. The number of aromatic hydroxyl groups is 1. The first kappa shape index (κ1) is 16.7. The maximum absolute atomic E-state index is 10.1. The zero-order valence-corrected chi connectivity index (χ0v) is 15.6. The van der Waals surface area contributed by atoms with Crippen molar-refractivity contribution in [2.24, 2.45) is 10.2 Å². The number of aromatic nitrogens is 1. The molecular formula is C17H18N4OS2. The van der Waals surface area contributed by atoms with Crippen LogP contribution in [0, 0.1) is 13.8 Å². The van der Waals surface area contributed by atoms with Crippen molar-refractivity contribution < 1.29 is 5.11 Å². The number of azo groups is 1. The molecule has 7 heteroatoms. The molecule has 0 atom stereocenters. The van der Waals surface area contributed by atoms with Gasteiger partial charge in [-0.15, -0.1) is 22.9 Å². The lowest BCUT2D eigenvalue weighted by atomic mass is 10.1. The number of fused-ring (bicyclic) bond motifs is 1. The highest BCUT2D eigenvalue weighted by Crippen LogP contribution is 2.36. The van der Waals surface area contributed by atoms with Crippen LogP contribution >= 0.6 is 24.0 Å². The number of nitrogens with zero attached hydrogens (tertiary/aromatic N) is 4. The van der Waals surface area contributed by atoms with Crippen molar-refractivity contribution in [1.29, 1.82) is 0 Å². The van der Waals surface area contributed by atoms with E-state index in [1.54, 1.807) is 6.07 Å². The smallest absolute Gasteiger partial charge is 0.231 e. The summed E-state index contributed by atoms with van der Waals surface area (Å²) < 4.78 is 1.03. The SMILES string of the molecule is Cc1cc2nc(N=Nc3cc(O)c(N(C)C)cc3C)sc2cc1S. The van der Waals surface area contributed by atoms with Gasteiger partial charge in [0.25, 0.3) is 0 Å². The Balaban J connectivity index is 1.95. The Morgan fingerprint density at radius 3 is 2.54 bits per heavy atom. The number of benzene rings is 2. The molecule has 2 aromatic carbocycles. The number of hydrogen-bond donors (Lipinski definition) is 2. The van der Waals surface area contributed by atoms with E-state index in [-0.39, 0.29) is 5.75 Å². The summed E-state index contributed by atoms with van der Waals surface area (Å²) in [6.07, 6.45) is 0. The summed E-state index contributed by atoms with van der Waals surface area (Å²) in [7, 11) is 3.77. The van der Waals surface area contributed by atoms with Gasteiger partial charge >= 0.3 is 0 Å². The minimum Gasteiger partial charge on any atom is -0.506 e. The molecule has 1 N–H and O–H groups in total. The maximum Gasteiger partial charge on any atom is 0.231 e. The monoisotopic (exact) mass is 358 g/mol. The van der Waals surface area contributed by atoms with Crippen molar-refractivity contribution in [3.63, 3.8) is 0 Å². The Kier molecular flexibility index (Phi) is 4.47. The Bertz CT molecular complexity index is 908. The van der Waals surface area contributed by atoms with E-state index in [9.17, 15) is 5.11 Å². The molecule has 0 bridgehead atoms. The fraction of sp³-hybridized carbons (Fsp3) is 0.235. The van der Waals surface area contributed by atoms with Crippen LogP contribution in [0.15, 0.2) is 39.4 Å². The first-order valence-electron chi connectivity index (χ1n) is 7.38. The van der Waals surface area contributed by atoms with Gasteiger partial charge in [0.2, 0.25) is 5.13 Å². The number of thiol groups is 1. The summed E-state index contributed by atoms with van der Waals surface area (Å²) in [4.78, 5) is 7.28. The Labute approximate surface area is 150 Å². The Morgan fingerprint density at radius 1 is 1.08 bits per heavy atom. The number of thiazole rings is 1. The van der Waals surface area contributed by atoms with E-state index in [0.717, 1.165) is 31.9 Å². The summed E-state index contributed by atoms with van der Waals surface area (Å²) in [5, 5.41) is 19.2. The standard InChI is InChI=1S/C17H18N4OS2/c1-9-6-13(21(3)4)14(22)7-11(9)19-20-17-18-12-5-10(2)15(23)8-16(12)24-17/h5-8,22-23H,1-4H3. The first-order valence-corrected chi connectivity index (χ1v) is 8.64. The number of anilines is 1. The first-order chi connectivity index (χ1) is 11.3. The molecule has 3 rings (SSSR count). The van der Waals surface area contributed by atoms with Crippen LogP contribution in [0.5, 0.6) is 5.75 Å². The van der Waals surface area contributed by atoms with Crippen molar-refractivity contribution >= 4 is 50.7 Å². The van der Waals surface area contributed by atoms with E-state index < -0.39 is 0 Å². The van der Waals surface area contributed by atoms with Gasteiger partial charge in [-0.2, -0.15) is 0 Å². The highest BCUT2D eigenvalue weighted by Gasteiger charge is 2.09.